The Morgan fingerprint density at radius 1 is 1.33 bits per heavy atom. The zero-order valence-corrected chi connectivity index (χ0v) is 11.1. The number of hydrogen-bond acceptors (Lipinski definition) is 3. The molecule has 0 heterocycles. The molecule has 1 aromatic rings. The van der Waals surface area contributed by atoms with Gasteiger partial charge in [-0.05, 0) is 38.0 Å². The van der Waals surface area contributed by atoms with Gasteiger partial charge in [-0.25, -0.2) is 0 Å². The fraction of sp³-hybridized carbons (Fsp3) is 0.500. The van der Waals surface area contributed by atoms with Crippen LogP contribution in [0.1, 0.15) is 38.8 Å². The van der Waals surface area contributed by atoms with E-state index in [2.05, 4.69) is 5.32 Å². The minimum atomic E-state index is -0.810. The highest BCUT2D eigenvalue weighted by Crippen LogP contribution is 2.18. The van der Waals surface area contributed by atoms with Crippen molar-refractivity contribution in [1.29, 1.82) is 0 Å². The lowest BCUT2D eigenvalue weighted by atomic mass is 10.1. The van der Waals surface area contributed by atoms with Crippen LogP contribution >= 0.6 is 0 Å². The second-order valence-corrected chi connectivity index (χ2v) is 4.19. The molecule has 0 aliphatic heterocycles. The van der Waals surface area contributed by atoms with Crippen LogP contribution in [0.3, 0.4) is 0 Å². The first kappa shape index (κ1) is 14.5. The van der Waals surface area contributed by atoms with Crippen LogP contribution in [0.5, 0.6) is 5.75 Å². The summed E-state index contributed by atoms with van der Waals surface area (Å²) in [6, 6.07) is 7.21. The number of rotatable bonds is 7. The highest BCUT2D eigenvalue weighted by Gasteiger charge is 2.17. The molecule has 0 amide bonds. The molecule has 2 unspecified atom stereocenters. The number of carboxylic acids is 1. The molecule has 0 saturated carbocycles. The summed E-state index contributed by atoms with van der Waals surface area (Å²) in [5, 5.41) is 12.1. The Morgan fingerprint density at radius 3 is 2.39 bits per heavy atom. The maximum atomic E-state index is 11.0. The quantitative estimate of drug-likeness (QED) is 0.782. The van der Waals surface area contributed by atoms with Gasteiger partial charge in [0.1, 0.15) is 11.8 Å². The summed E-state index contributed by atoms with van der Waals surface area (Å²) in [5.74, 6) is 0.0222. The number of benzene rings is 1. The molecule has 0 bridgehead atoms. The van der Waals surface area contributed by atoms with Crippen LogP contribution in [0, 0.1) is 0 Å². The van der Waals surface area contributed by atoms with Crippen LogP contribution in [-0.2, 0) is 4.79 Å². The standard InChI is InChI=1S/C14H21NO3/c1-4-13(14(16)17)15-10(3)11-6-8-12(9-7-11)18-5-2/h6-10,13,15H,4-5H2,1-3H3,(H,16,17). The van der Waals surface area contributed by atoms with Gasteiger partial charge in [0.2, 0.25) is 0 Å². The second-order valence-electron chi connectivity index (χ2n) is 4.19. The van der Waals surface area contributed by atoms with Gasteiger partial charge in [-0.2, -0.15) is 0 Å². The monoisotopic (exact) mass is 251 g/mol. The minimum absolute atomic E-state index is 0.00160. The van der Waals surface area contributed by atoms with E-state index in [-0.39, 0.29) is 6.04 Å². The Balaban J connectivity index is 2.65. The lowest BCUT2D eigenvalue weighted by Gasteiger charge is -2.19. The number of carbonyl (C=O) groups is 1. The van der Waals surface area contributed by atoms with Crippen molar-refractivity contribution in [2.45, 2.75) is 39.3 Å². The third-order valence-electron chi connectivity index (χ3n) is 2.85. The van der Waals surface area contributed by atoms with E-state index in [1.807, 2.05) is 45.0 Å². The molecule has 0 saturated heterocycles. The van der Waals surface area contributed by atoms with Gasteiger partial charge in [-0.1, -0.05) is 19.1 Å². The molecule has 4 heteroatoms. The van der Waals surface area contributed by atoms with Crippen molar-refractivity contribution in [3.63, 3.8) is 0 Å². The highest BCUT2D eigenvalue weighted by atomic mass is 16.5. The van der Waals surface area contributed by atoms with Crippen molar-refractivity contribution in [2.75, 3.05) is 6.61 Å². The van der Waals surface area contributed by atoms with Crippen LogP contribution < -0.4 is 10.1 Å². The normalized spacial score (nSPS) is 13.9. The van der Waals surface area contributed by atoms with Crippen LogP contribution in [-0.4, -0.2) is 23.7 Å². The van der Waals surface area contributed by atoms with E-state index in [9.17, 15) is 4.79 Å². The first-order valence-electron chi connectivity index (χ1n) is 6.30. The average Bonchev–Trinajstić information content (AvgIpc) is 2.36. The Bertz CT molecular complexity index is 375. The van der Waals surface area contributed by atoms with E-state index in [4.69, 9.17) is 9.84 Å². The first-order valence-corrected chi connectivity index (χ1v) is 6.30. The van der Waals surface area contributed by atoms with Crippen LogP contribution in [0.2, 0.25) is 0 Å². The van der Waals surface area contributed by atoms with Crippen LogP contribution in [0.25, 0.3) is 0 Å². The molecule has 100 valence electrons. The molecule has 0 radical (unpaired) electrons. The topological polar surface area (TPSA) is 58.6 Å². The number of nitrogens with one attached hydrogen (secondary N) is 1. The molecular formula is C14H21NO3. The number of hydrogen-bond donors (Lipinski definition) is 2. The summed E-state index contributed by atoms with van der Waals surface area (Å²) in [5.41, 5.74) is 1.05. The van der Waals surface area contributed by atoms with E-state index in [0.29, 0.717) is 13.0 Å². The molecule has 0 aromatic heterocycles. The SMILES string of the molecule is CCOc1ccc(C(C)NC(CC)C(=O)O)cc1. The van der Waals surface area contributed by atoms with Crippen molar-refractivity contribution in [3.8, 4) is 5.75 Å². The molecule has 0 spiro atoms. The number of ether oxygens (including phenoxy) is 1. The second kappa shape index (κ2) is 7.01. The van der Waals surface area contributed by atoms with E-state index in [0.717, 1.165) is 11.3 Å². The van der Waals surface area contributed by atoms with Gasteiger partial charge < -0.3 is 9.84 Å². The Hall–Kier alpha value is -1.55. The Morgan fingerprint density at radius 2 is 1.94 bits per heavy atom. The fourth-order valence-electron chi connectivity index (χ4n) is 1.78. The fourth-order valence-corrected chi connectivity index (χ4v) is 1.78. The lowest BCUT2D eigenvalue weighted by molar-refractivity contribution is -0.139. The number of aliphatic carboxylic acids is 1. The molecule has 1 aromatic carbocycles. The molecule has 18 heavy (non-hydrogen) atoms. The Kier molecular flexibility index (Phi) is 5.65. The van der Waals surface area contributed by atoms with Gasteiger partial charge in [0, 0.05) is 6.04 Å². The minimum Gasteiger partial charge on any atom is -0.494 e. The summed E-state index contributed by atoms with van der Waals surface area (Å²) >= 11 is 0. The summed E-state index contributed by atoms with van der Waals surface area (Å²) in [6.45, 7) is 6.40. The van der Waals surface area contributed by atoms with Crippen LogP contribution in [0.15, 0.2) is 24.3 Å². The van der Waals surface area contributed by atoms with Gasteiger partial charge in [-0.15, -0.1) is 0 Å². The predicted octanol–water partition coefficient (Wildman–Crippen LogP) is 2.60. The van der Waals surface area contributed by atoms with Gasteiger partial charge in [-0.3, -0.25) is 10.1 Å². The first-order chi connectivity index (χ1) is 8.58. The van der Waals surface area contributed by atoms with E-state index in [1.54, 1.807) is 0 Å². The molecule has 0 aliphatic rings. The van der Waals surface area contributed by atoms with Crippen molar-refractivity contribution in [2.24, 2.45) is 0 Å². The Labute approximate surface area is 108 Å². The zero-order chi connectivity index (χ0) is 13.5. The van der Waals surface area contributed by atoms with Crippen LogP contribution in [0.4, 0.5) is 0 Å². The van der Waals surface area contributed by atoms with E-state index >= 15 is 0 Å². The van der Waals surface area contributed by atoms with Crippen molar-refractivity contribution >= 4 is 5.97 Å². The molecule has 1 rings (SSSR count). The van der Waals surface area contributed by atoms with Gasteiger partial charge in [0.05, 0.1) is 6.61 Å². The van der Waals surface area contributed by atoms with Gasteiger partial charge >= 0.3 is 5.97 Å². The van der Waals surface area contributed by atoms with Crippen molar-refractivity contribution in [3.05, 3.63) is 29.8 Å². The average molecular weight is 251 g/mol. The molecule has 2 N–H and O–H groups in total. The molecular weight excluding hydrogens is 230 g/mol. The largest absolute Gasteiger partial charge is 0.494 e. The molecule has 0 aliphatic carbocycles. The zero-order valence-electron chi connectivity index (χ0n) is 11.1. The van der Waals surface area contributed by atoms with E-state index in [1.165, 1.54) is 0 Å². The lowest BCUT2D eigenvalue weighted by Crippen LogP contribution is -2.37. The highest BCUT2D eigenvalue weighted by molar-refractivity contribution is 5.73. The predicted molar refractivity (Wildman–Crippen MR) is 70.9 cm³/mol. The van der Waals surface area contributed by atoms with Gasteiger partial charge in [0.15, 0.2) is 0 Å². The third-order valence-corrected chi connectivity index (χ3v) is 2.85. The summed E-state index contributed by atoms with van der Waals surface area (Å²) in [6.07, 6.45) is 0.566. The summed E-state index contributed by atoms with van der Waals surface area (Å²) in [4.78, 5) is 11.0. The van der Waals surface area contributed by atoms with E-state index < -0.39 is 12.0 Å². The maximum Gasteiger partial charge on any atom is 0.320 e. The number of carboxylic acid groups (broad SMARTS) is 1. The molecule has 4 nitrogen and oxygen atoms in total. The van der Waals surface area contributed by atoms with Crippen molar-refractivity contribution in [1.82, 2.24) is 5.32 Å². The van der Waals surface area contributed by atoms with Crippen molar-refractivity contribution < 1.29 is 14.6 Å². The summed E-state index contributed by atoms with van der Waals surface area (Å²) < 4.78 is 5.37. The van der Waals surface area contributed by atoms with Gasteiger partial charge in [0.25, 0.3) is 0 Å². The summed E-state index contributed by atoms with van der Waals surface area (Å²) in [7, 11) is 0. The molecule has 2 atom stereocenters. The molecule has 0 fully saturated rings. The maximum absolute atomic E-state index is 11.0. The smallest absolute Gasteiger partial charge is 0.320 e. The third kappa shape index (κ3) is 4.04.